The first-order valence-corrected chi connectivity index (χ1v) is 25.7. The van der Waals surface area contributed by atoms with Crippen LogP contribution in [0.5, 0.6) is 0 Å². The first kappa shape index (κ1) is 65.1. The number of unbranched alkanes of at least 4 members (excludes halogenated alkanes) is 8. The molecular formula is C48H90N8O15. The van der Waals surface area contributed by atoms with Gasteiger partial charge in [0.2, 0.25) is 35.4 Å². The Balaban J connectivity index is 2.68. The Morgan fingerprint density at radius 1 is 0.521 bits per heavy atom. The number of hydrogen-bond acceptors (Lipinski definition) is 17. The summed E-state index contributed by atoms with van der Waals surface area (Å²) in [7, 11) is 0. The Labute approximate surface area is 420 Å². The third kappa shape index (κ3) is 33.4. The maximum absolute atomic E-state index is 13.5. The molecule has 0 aromatic rings. The van der Waals surface area contributed by atoms with Crippen LogP contribution in [0.1, 0.15) is 136 Å². The second-order valence-corrected chi connectivity index (χ2v) is 18.1. The Bertz CT molecular complexity index is 1470. The molecule has 1 fully saturated rings. The number of ether oxygens (including phenoxy) is 5. The zero-order valence-electron chi connectivity index (χ0n) is 42.6. The molecule has 0 aliphatic carbocycles. The molecule has 5 atom stereocenters. The zero-order chi connectivity index (χ0) is 52.5. The summed E-state index contributed by atoms with van der Waals surface area (Å²) in [5, 5.41) is 46.8. The van der Waals surface area contributed by atoms with Gasteiger partial charge in [0.25, 0.3) is 0 Å². The van der Waals surface area contributed by atoms with Crippen molar-refractivity contribution in [1.82, 2.24) is 31.9 Å². The molecule has 1 aliphatic heterocycles. The molecule has 23 heteroatoms. The van der Waals surface area contributed by atoms with E-state index in [0.717, 1.165) is 44.9 Å². The number of aliphatic hydroxyl groups excluding tert-OH is 3. The van der Waals surface area contributed by atoms with E-state index in [-0.39, 0.29) is 114 Å². The van der Waals surface area contributed by atoms with Crippen LogP contribution in [0.2, 0.25) is 0 Å². The van der Waals surface area contributed by atoms with Crippen LogP contribution in [0, 0.1) is 0 Å². The molecule has 3 unspecified atom stereocenters. The quantitative estimate of drug-likeness (QED) is 0.0334. The highest BCUT2D eigenvalue weighted by atomic mass is 16.7. The van der Waals surface area contributed by atoms with Crippen molar-refractivity contribution in [3.8, 4) is 0 Å². The Morgan fingerprint density at radius 3 is 1.39 bits per heavy atom. The summed E-state index contributed by atoms with van der Waals surface area (Å²) >= 11 is 0. The van der Waals surface area contributed by atoms with Crippen molar-refractivity contribution < 1.29 is 72.6 Å². The molecule has 0 aromatic heterocycles. The maximum Gasteiger partial charge on any atom is 0.222 e. The first-order valence-electron chi connectivity index (χ1n) is 25.7. The molecule has 71 heavy (non-hydrogen) atoms. The molecule has 412 valence electrons. The van der Waals surface area contributed by atoms with Crippen LogP contribution in [0.25, 0.3) is 0 Å². The Kier molecular flexibility index (Phi) is 38.1. The van der Waals surface area contributed by atoms with Crippen molar-refractivity contribution in [3.63, 3.8) is 0 Å². The minimum Gasteiger partial charge on any atom is -0.394 e. The van der Waals surface area contributed by atoms with Crippen LogP contribution in [0.15, 0.2) is 0 Å². The molecule has 1 saturated heterocycles. The van der Waals surface area contributed by atoms with E-state index >= 15 is 0 Å². The standard InChI is InChI=1S/C48H90N8O15/c1-36(58)16-9-7-5-3-4-6-8-10-18-43(64)56-48(33-67-29-19-40(61)51-24-13-22-49,34-68-30-20-41(62)52-25-14-23-50)35-69-31-21-42(63)54-27-15-26-53-39(60)17-11-12-28-70-47-44(55-37(2)59)46(66)45(65)38(32-57)71-47/h38,44-47,57,65-66H,3-35,49-50H2,1-2H3,(H,51,61)(H,52,62)(H,53,60)(H,54,63)(H,55,59)(H,56,64)/t38?,44?,45-,46?,47-/m1/s1. The lowest BCUT2D eigenvalue weighted by atomic mass is 9.97. The van der Waals surface area contributed by atoms with Gasteiger partial charge in [0.1, 0.15) is 35.7 Å². The number of nitrogens with one attached hydrogen (secondary N) is 6. The van der Waals surface area contributed by atoms with E-state index in [2.05, 4.69) is 31.9 Å². The first-order chi connectivity index (χ1) is 34.2. The summed E-state index contributed by atoms with van der Waals surface area (Å²) < 4.78 is 29.1. The number of carbonyl (C=O) groups excluding carboxylic acids is 7. The number of ketones is 1. The lowest BCUT2D eigenvalue weighted by Crippen LogP contribution is -2.64. The van der Waals surface area contributed by atoms with Gasteiger partial charge < -0.3 is 87.2 Å². The van der Waals surface area contributed by atoms with Crippen molar-refractivity contribution in [2.45, 2.75) is 172 Å². The molecule has 13 N–H and O–H groups in total. The van der Waals surface area contributed by atoms with Crippen LogP contribution >= 0.6 is 0 Å². The lowest BCUT2D eigenvalue weighted by Gasteiger charge is -2.42. The van der Waals surface area contributed by atoms with Gasteiger partial charge in [0.05, 0.1) is 46.2 Å². The van der Waals surface area contributed by atoms with E-state index in [9.17, 15) is 48.9 Å². The summed E-state index contributed by atoms with van der Waals surface area (Å²) in [4.78, 5) is 86.1. The van der Waals surface area contributed by atoms with Gasteiger partial charge in [0.15, 0.2) is 6.29 Å². The average molecular weight is 1020 g/mol. The van der Waals surface area contributed by atoms with E-state index in [1.165, 1.54) is 6.92 Å². The number of carbonyl (C=O) groups is 7. The van der Waals surface area contributed by atoms with Gasteiger partial charge in [-0.25, -0.2) is 0 Å². The fourth-order valence-corrected chi connectivity index (χ4v) is 7.37. The van der Waals surface area contributed by atoms with Gasteiger partial charge in [-0.1, -0.05) is 38.5 Å². The van der Waals surface area contributed by atoms with Crippen molar-refractivity contribution in [1.29, 1.82) is 0 Å². The minimum absolute atomic E-state index is 0.000494. The van der Waals surface area contributed by atoms with Gasteiger partial charge >= 0.3 is 0 Å². The van der Waals surface area contributed by atoms with Gasteiger partial charge in [-0.05, 0) is 65.0 Å². The fraction of sp³-hybridized carbons (Fsp3) is 0.854. The molecule has 0 bridgehead atoms. The van der Waals surface area contributed by atoms with Crippen LogP contribution in [0.4, 0.5) is 0 Å². The molecule has 0 saturated carbocycles. The predicted molar refractivity (Wildman–Crippen MR) is 263 cm³/mol. The second-order valence-electron chi connectivity index (χ2n) is 18.1. The third-order valence-electron chi connectivity index (χ3n) is 11.4. The molecule has 6 amide bonds. The summed E-state index contributed by atoms with van der Waals surface area (Å²) in [6.45, 7) is 4.66. The van der Waals surface area contributed by atoms with Gasteiger partial charge in [-0.3, -0.25) is 28.8 Å². The minimum atomic E-state index is -1.42. The largest absolute Gasteiger partial charge is 0.394 e. The van der Waals surface area contributed by atoms with Crippen molar-refractivity contribution in [2.75, 3.05) is 92.1 Å². The zero-order valence-corrected chi connectivity index (χ0v) is 42.6. The van der Waals surface area contributed by atoms with Gasteiger partial charge in [-0.15, -0.1) is 0 Å². The van der Waals surface area contributed by atoms with Crippen LogP contribution in [-0.4, -0.2) is 185 Å². The molecule has 0 aromatic carbocycles. The van der Waals surface area contributed by atoms with Crippen LogP contribution in [0.3, 0.4) is 0 Å². The summed E-state index contributed by atoms with van der Waals surface area (Å²) in [6.07, 6.45) is 6.47. The average Bonchev–Trinajstić information content (AvgIpc) is 3.33. The molecule has 23 nitrogen and oxygen atoms in total. The maximum atomic E-state index is 13.5. The fourth-order valence-electron chi connectivity index (χ4n) is 7.37. The molecule has 0 radical (unpaired) electrons. The summed E-state index contributed by atoms with van der Waals surface area (Å²) in [6, 6.07) is -1.05. The molecule has 1 rings (SSSR count). The highest BCUT2D eigenvalue weighted by molar-refractivity contribution is 5.78. The number of rotatable bonds is 45. The normalized spacial score (nSPS) is 17.8. The number of amides is 6. The van der Waals surface area contributed by atoms with Crippen LogP contribution in [-0.2, 0) is 57.2 Å². The number of hydrogen-bond donors (Lipinski definition) is 11. The third-order valence-corrected chi connectivity index (χ3v) is 11.4. The van der Waals surface area contributed by atoms with Crippen molar-refractivity contribution in [3.05, 3.63) is 0 Å². The van der Waals surface area contributed by atoms with Crippen LogP contribution < -0.4 is 43.4 Å². The smallest absolute Gasteiger partial charge is 0.222 e. The van der Waals surface area contributed by atoms with Gasteiger partial charge in [-0.2, -0.15) is 0 Å². The topological polar surface area (TPSA) is 351 Å². The number of Topliss-reactive ketones (excluding diaryl/α,β-unsaturated/α-hetero) is 1. The highest BCUT2D eigenvalue weighted by Crippen LogP contribution is 2.23. The Morgan fingerprint density at radius 2 is 0.944 bits per heavy atom. The van der Waals surface area contributed by atoms with Gasteiger partial charge in [0, 0.05) is 78.2 Å². The Hall–Kier alpha value is -3.91. The highest BCUT2D eigenvalue weighted by Gasteiger charge is 2.45. The van der Waals surface area contributed by atoms with E-state index in [4.69, 9.17) is 35.2 Å². The monoisotopic (exact) mass is 1020 g/mol. The van der Waals surface area contributed by atoms with E-state index in [1.54, 1.807) is 6.92 Å². The number of nitrogens with two attached hydrogens (primary N) is 2. The van der Waals surface area contributed by atoms with Crippen molar-refractivity contribution in [2.24, 2.45) is 11.5 Å². The number of aliphatic hydroxyl groups is 3. The SMILES string of the molecule is CC(=O)CCCCCCCCCCC(=O)NC(COCCC(=O)NCCCN)(COCCC(=O)NCCCN)COCCC(=O)NCCCNC(=O)CCCCO[C@@H]1OC(CO)[C@@H](O)C(O)C1NC(C)=O. The predicted octanol–water partition coefficient (Wildman–Crippen LogP) is -0.765. The van der Waals surface area contributed by atoms with Crippen molar-refractivity contribution >= 4 is 41.2 Å². The summed E-state index contributed by atoms with van der Waals surface area (Å²) in [5.41, 5.74) is 9.84. The second kappa shape index (κ2) is 41.6. The summed E-state index contributed by atoms with van der Waals surface area (Å²) in [5.74, 6) is -1.39. The molecular weight excluding hydrogens is 929 g/mol. The lowest BCUT2D eigenvalue weighted by molar-refractivity contribution is -0.270. The van der Waals surface area contributed by atoms with E-state index in [1.807, 2.05) is 0 Å². The molecule has 1 heterocycles. The molecule has 0 spiro atoms. The van der Waals surface area contributed by atoms with E-state index in [0.29, 0.717) is 84.2 Å². The molecule has 1 aliphatic rings. The van der Waals surface area contributed by atoms with E-state index < -0.39 is 48.7 Å².